The van der Waals surface area contributed by atoms with E-state index >= 15 is 0 Å². The number of amides is 1. The summed E-state index contributed by atoms with van der Waals surface area (Å²) in [5.74, 6) is 0.0900. The van der Waals surface area contributed by atoms with Crippen molar-refractivity contribution in [3.8, 4) is 17.9 Å². The number of anilines is 1. The van der Waals surface area contributed by atoms with Gasteiger partial charge in [0, 0.05) is 15.7 Å². The molecule has 0 saturated carbocycles. The van der Waals surface area contributed by atoms with E-state index < -0.39 is 5.91 Å². The lowest BCUT2D eigenvalue weighted by Gasteiger charge is -2.10. The van der Waals surface area contributed by atoms with Gasteiger partial charge in [-0.05, 0) is 64.0 Å². The second-order valence-corrected chi connectivity index (χ2v) is 8.15. The highest BCUT2D eigenvalue weighted by Gasteiger charge is 2.11. The van der Waals surface area contributed by atoms with E-state index in [1.54, 1.807) is 48.5 Å². The van der Waals surface area contributed by atoms with Gasteiger partial charge in [-0.1, -0.05) is 46.3 Å². The van der Waals surface area contributed by atoms with Crippen LogP contribution in [0.4, 0.5) is 5.69 Å². The second-order valence-electron chi connectivity index (χ2n) is 6.38. The van der Waals surface area contributed by atoms with Crippen LogP contribution >= 0.6 is 31.9 Å². The lowest BCUT2D eigenvalue weighted by molar-refractivity contribution is -0.112. The molecule has 0 saturated heterocycles. The fraction of sp³-hybridized carbons (Fsp3) is 0.0417. The zero-order valence-electron chi connectivity index (χ0n) is 16.1. The molecule has 0 unspecified atom stereocenters. The van der Waals surface area contributed by atoms with Crippen molar-refractivity contribution in [2.24, 2.45) is 0 Å². The second kappa shape index (κ2) is 10.6. The van der Waals surface area contributed by atoms with Crippen LogP contribution in [0.2, 0.25) is 0 Å². The van der Waals surface area contributed by atoms with Gasteiger partial charge in [0.25, 0.3) is 5.91 Å². The molecule has 3 rings (SSSR count). The highest BCUT2D eigenvalue weighted by molar-refractivity contribution is 9.10. The number of nitrogens with one attached hydrogen (secondary N) is 1. The molecule has 0 heterocycles. The average Bonchev–Trinajstić information content (AvgIpc) is 2.77. The van der Waals surface area contributed by atoms with Crippen LogP contribution in [0, 0.1) is 22.7 Å². The van der Waals surface area contributed by atoms with Gasteiger partial charge < -0.3 is 10.1 Å². The van der Waals surface area contributed by atoms with E-state index in [9.17, 15) is 15.3 Å². The normalized spacial score (nSPS) is 10.6. The summed E-state index contributed by atoms with van der Waals surface area (Å²) in [5, 5.41) is 21.3. The third kappa shape index (κ3) is 6.05. The van der Waals surface area contributed by atoms with Gasteiger partial charge in [0.1, 0.15) is 24.0 Å². The van der Waals surface area contributed by atoms with Crippen LogP contribution in [0.15, 0.2) is 81.2 Å². The molecule has 0 atom stereocenters. The van der Waals surface area contributed by atoms with Crippen molar-refractivity contribution < 1.29 is 9.53 Å². The number of nitriles is 2. The summed E-state index contributed by atoms with van der Waals surface area (Å²) >= 11 is 6.81. The van der Waals surface area contributed by atoms with Crippen molar-refractivity contribution in [1.29, 1.82) is 10.5 Å². The Morgan fingerprint density at radius 1 is 1.03 bits per heavy atom. The Morgan fingerprint density at radius 3 is 2.55 bits per heavy atom. The van der Waals surface area contributed by atoms with Gasteiger partial charge in [-0.25, -0.2) is 0 Å². The Balaban J connectivity index is 1.73. The molecule has 3 aromatic rings. The molecule has 1 amide bonds. The number of halogens is 2. The molecular weight excluding hydrogens is 522 g/mol. The largest absolute Gasteiger partial charge is 0.488 e. The van der Waals surface area contributed by atoms with Crippen molar-refractivity contribution in [2.45, 2.75) is 6.61 Å². The van der Waals surface area contributed by atoms with Crippen LogP contribution in [0.1, 0.15) is 16.7 Å². The van der Waals surface area contributed by atoms with E-state index in [1.165, 1.54) is 6.08 Å². The summed E-state index contributed by atoms with van der Waals surface area (Å²) in [7, 11) is 0. The Morgan fingerprint density at radius 2 is 1.84 bits per heavy atom. The number of nitrogens with zero attached hydrogens (tertiary/aromatic N) is 2. The number of hydrogen-bond donors (Lipinski definition) is 1. The lowest BCUT2D eigenvalue weighted by Crippen LogP contribution is -2.13. The zero-order chi connectivity index (χ0) is 22.2. The predicted octanol–water partition coefficient (Wildman–Crippen LogP) is 6.21. The molecule has 152 valence electrons. The molecule has 1 N–H and O–H groups in total. The Kier molecular flexibility index (Phi) is 7.61. The quantitative estimate of drug-likeness (QED) is 0.300. The van der Waals surface area contributed by atoms with E-state index in [1.807, 2.05) is 24.3 Å². The first-order valence-electron chi connectivity index (χ1n) is 9.09. The van der Waals surface area contributed by atoms with Gasteiger partial charge in [-0.2, -0.15) is 10.5 Å². The molecule has 0 aromatic heterocycles. The van der Waals surface area contributed by atoms with Gasteiger partial charge in [0.15, 0.2) is 0 Å². The molecular formula is C24H15Br2N3O2. The maximum atomic E-state index is 12.5. The lowest BCUT2D eigenvalue weighted by atomic mass is 10.1. The van der Waals surface area contributed by atoms with Crippen LogP contribution < -0.4 is 10.1 Å². The number of carbonyl (C=O) groups excluding carboxylic acids is 1. The highest BCUT2D eigenvalue weighted by Crippen LogP contribution is 2.28. The average molecular weight is 537 g/mol. The number of rotatable bonds is 6. The summed E-state index contributed by atoms with van der Waals surface area (Å²) in [6.07, 6.45) is 1.51. The summed E-state index contributed by atoms with van der Waals surface area (Å²) in [4.78, 5) is 12.5. The van der Waals surface area contributed by atoms with E-state index in [0.717, 1.165) is 10.0 Å². The van der Waals surface area contributed by atoms with Crippen LogP contribution in [0.3, 0.4) is 0 Å². The fourth-order valence-corrected chi connectivity index (χ4v) is 3.62. The number of benzene rings is 3. The molecule has 0 radical (unpaired) electrons. The molecule has 0 aliphatic carbocycles. The van der Waals surface area contributed by atoms with Gasteiger partial charge in [-0.3, -0.25) is 4.79 Å². The smallest absolute Gasteiger partial charge is 0.266 e. The van der Waals surface area contributed by atoms with Gasteiger partial charge in [-0.15, -0.1) is 0 Å². The number of carbonyl (C=O) groups is 1. The van der Waals surface area contributed by atoms with E-state index in [2.05, 4.69) is 43.2 Å². The van der Waals surface area contributed by atoms with Crippen LogP contribution in [0.25, 0.3) is 6.08 Å². The minimum atomic E-state index is -0.495. The third-order valence-corrected chi connectivity index (χ3v) is 5.35. The van der Waals surface area contributed by atoms with Crippen LogP contribution in [0.5, 0.6) is 5.75 Å². The number of hydrogen-bond acceptors (Lipinski definition) is 4. The fourth-order valence-electron chi connectivity index (χ4n) is 2.71. The third-order valence-electron chi connectivity index (χ3n) is 4.24. The minimum Gasteiger partial charge on any atom is -0.488 e. The van der Waals surface area contributed by atoms with Crippen molar-refractivity contribution >= 4 is 49.5 Å². The van der Waals surface area contributed by atoms with Crippen LogP contribution in [-0.2, 0) is 11.4 Å². The molecule has 0 aliphatic heterocycles. The highest BCUT2D eigenvalue weighted by atomic mass is 79.9. The number of ether oxygens (including phenoxy) is 1. The standard InChI is InChI=1S/C24H15Br2N3O2/c25-20-6-3-7-21(12-20)29-24(30)19(14-28)10-16-8-9-23(22(26)11-16)31-15-18-5-2-1-4-17(18)13-27/h1-12H,15H2,(H,29,30)/b19-10-. The first kappa shape index (κ1) is 22.3. The Bertz CT molecular complexity index is 1240. The summed E-state index contributed by atoms with van der Waals surface area (Å²) in [5.41, 5.74) is 2.58. The van der Waals surface area contributed by atoms with E-state index in [4.69, 9.17) is 4.74 Å². The summed E-state index contributed by atoms with van der Waals surface area (Å²) in [6.45, 7) is 0.246. The molecule has 5 nitrogen and oxygen atoms in total. The first-order valence-corrected chi connectivity index (χ1v) is 10.7. The minimum absolute atomic E-state index is 0.0245. The summed E-state index contributed by atoms with van der Waals surface area (Å²) < 4.78 is 7.31. The van der Waals surface area contributed by atoms with Gasteiger partial charge in [0.05, 0.1) is 16.1 Å². The monoisotopic (exact) mass is 535 g/mol. The van der Waals surface area contributed by atoms with Crippen molar-refractivity contribution in [2.75, 3.05) is 5.32 Å². The predicted molar refractivity (Wildman–Crippen MR) is 126 cm³/mol. The Labute approximate surface area is 196 Å². The van der Waals surface area contributed by atoms with Crippen molar-refractivity contribution in [3.05, 3.63) is 97.9 Å². The molecule has 7 heteroatoms. The zero-order valence-corrected chi connectivity index (χ0v) is 19.3. The molecule has 0 aliphatic rings. The van der Waals surface area contributed by atoms with Crippen LogP contribution in [-0.4, -0.2) is 5.91 Å². The Hall–Kier alpha value is -3.39. The molecule has 0 bridgehead atoms. The van der Waals surface area contributed by atoms with Gasteiger partial charge >= 0.3 is 0 Å². The van der Waals surface area contributed by atoms with Crippen molar-refractivity contribution in [1.82, 2.24) is 0 Å². The SMILES string of the molecule is N#C/C(=C/c1ccc(OCc2ccccc2C#N)c(Br)c1)C(=O)Nc1cccc(Br)c1. The molecule has 3 aromatic carbocycles. The van der Waals surface area contributed by atoms with E-state index in [-0.39, 0.29) is 12.2 Å². The summed E-state index contributed by atoms with van der Waals surface area (Å²) in [6, 6.07) is 23.7. The maximum Gasteiger partial charge on any atom is 0.266 e. The molecule has 0 spiro atoms. The molecule has 31 heavy (non-hydrogen) atoms. The topological polar surface area (TPSA) is 85.9 Å². The molecule has 0 fully saturated rings. The first-order chi connectivity index (χ1) is 15.0. The van der Waals surface area contributed by atoms with Gasteiger partial charge in [0.2, 0.25) is 0 Å². The van der Waals surface area contributed by atoms with E-state index in [0.29, 0.717) is 27.0 Å². The van der Waals surface area contributed by atoms with Crippen molar-refractivity contribution in [3.63, 3.8) is 0 Å². The maximum absolute atomic E-state index is 12.5.